The number of hydrogen-bond acceptors (Lipinski definition) is 2. The van der Waals surface area contributed by atoms with Crippen LogP contribution >= 0.6 is 0 Å². The van der Waals surface area contributed by atoms with Crippen LogP contribution in [0.15, 0.2) is 11.6 Å². The molecule has 176 valence electrons. The van der Waals surface area contributed by atoms with Gasteiger partial charge in [0.25, 0.3) is 0 Å². The molecule has 3 fully saturated rings. The van der Waals surface area contributed by atoms with Crippen LogP contribution in [0.25, 0.3) is 0 Å². The Bertz CT molecular complexity index is 708. The van der Waals surface area contributed by atoms with E-state index in [1.807, 2.05) is 0 Å². The molecule has 4 aliphatic rings. The number of carbonyl (C=O) groups is 1. The van der Waals surface area contributed by atoms with E-state index in [1.54, 1.807) is 5.57 Å². The molecule has 0 aromatic carbocycles. The number of carbonyl (C=O) groups excluding carboxylic acids is 1. The van der Waals surface area contributed by atoms with Gasteiger partial charge in [-0.05, 0) is 104 Å². The average Bonchev–Trinajstić information content (AvgIpc) is 3.06. The first-order valence-electron chi connectivity index (χ1n) is 13.5. The van der Waals surface area contributed by atoms with E-state index in [4.69, 9.17) is 0 Å². The fourth-order valence-corrected chi connectivity index (χ4v) is 9.30. The topological polar surface area (TPSA) is 37.3 Å². The van der Waals surface area contributed by atoms with Crippen LogP contribution in [-0.4, -0.2) is 17.0 Å². The lowest BCUT2D eigenvalue weighted by Gasteiger charge is -2.58. The summed E-state index contributed by atoms with van der Waals surface area (Å²) < 4.78 is 0. The standard InChI is InChI=1S/C29H48O2/c1-7-22(18(2)3)27(31)16-19(4)24-10-11-25-23-9-8-20-17-21(30)12-14-28(20,5)26(23)13-15-29(24,25)6/h8,18-19,21-26,30H,7,9-17H2,1-6H3/t19-,21+,22+,23?,24?,25?,26?,28+,29-/m1/s1. The fourth-order valence-electron chi connectivity index (χ4n) is 9.30. The van der Waals surface area contributed by atoms with E-state index in [0.29, 0.717) is 34.4 Å². The molecule has 31 heavy (non-hydrogen) atoms. The predicted octanol–water partition coefficient (Wildman–Crippen LogP) is 7.20. The van der Waals surface area contributed by atoms with Crippen LogP contribution in [-0.2, 0) is 4.79 Å². The largest absolute Gasteiger partial charge is 0.393 e. The van der Waals surface area contributed by atoms with E-state index in [2.05, 4.69) is 47.6 Å². The van der Waals surface area contributed by atoms with E-state index in [9.17, 15) is 9.90 Å². The summed E-state index contributed by atoms with van der Waals surface area (Å²) >= 11 is 0. The molecule has 1 N–H and O–H groups in total. The van der Waals surface area contributed by atoms with Crippen LogP contribution in [0.2, 0.25) is 0 Å². The molecule has 2 nitrogen and oxygen atoms in total. The van der Waals surface area contributed by atoms with Gasteiger partial charge in [0.05, 0.1) is 6.10 Å². The molecule has 0 bridgehead atoms. The summed E-state index contributed by atoms with van der Waals surface area (Å²) in [5, 5.41) is 10.2. The Kier molecular flexibility index (Phi) is 6.54. The highest BCUT2D eigenvalue weighted by atomic mass is 16.3. The SMILES string of the molecule is CC[C@H](C(=O)C[C@@H](C)C1CCC2C3CC=C4C[C@@H](O)CC[C@]4(C)C3CC[C@@]21C)C(C)C. The molecule has 3 saturated carbocycles. The van der Waals surface area contributed by atoms with Crippen molar-refractivity contribution < 1.29 is 9.90 Å². The number of hydrogen-bond donors (Lipinski definition) is 1. The molecule has 0 aromatic heterocycles. The summed E-state index contributed by atoms with van der Waals surface area (Å²) in [7, 11) is 0. The molecule has 0 spiro atoms. The third-order valence-electron chi connectivity index (χ3n) is 11.0. The molecule has 9 atom stereocenters. The van der Waals surface area contributed by atoms with Crippen LogP contribution in [0.5, 0.6) is 0 Å². The van der Waals surface area contributed by atoms with Crippen molar-refractivity contribution >= 4 is 5.78 Å². The van der Waals surface area contributed by atoms with Gasteiger partial charge in [0.1, 0.15) is 5.78 Å². The zero-order chi connectivity index (χ0) is 22.6. The zero-order valence-corrected chi connectivity index (χ0v) is 21.1. The summed E-state index contributed by atoms with van der Waals surface area (Å²) in [6.45, 7) is 14.1. The normalized spacial score (nSPS) is 44.1. The maximum Gasteiger partial charge on any atom is 0.136 e. The molecule has 4 rings (SSSR count). The Morgan fingerprint density at radius 1 is 1.10 bits per heavy atom. The first kappa shape index (κ1) is 23.5. The fraction of sp³-hybridized carbons (Fsp3) is 0.897. The van der Waals surface area contributed by atoms with E-state index >= 15 is 0 Å². The molecule has 0 aromatic rings. The van der Waals surface area contributed by atoms with E-state index < -0.39 is 0 Å². The molecule has 4 aliphatic carbocycles. The monoisotopic (exact) mass is 428 g/mol. The van der Waals surface area contributed by atoms with Gasteiger partial charge in [-0.3, -0.25) is 4.79 Å². The van der Waals surface area contributed by atoms with Crippen molar-refractivity contribution in [3.63, 3.8) is 0 Å². The molecule has 4 unspecified atom stereocenters. The van der Waals surface area contributed by atoms with Gasteiger partial charge in [-0.15, -0.1) is 0 Å². The molecule has 0 amide bonds. The Balaban J connectivity index is 1.50. The minimum absolute atomic E-state index is 0.114. The van der Waals surface area contributed by atoms with Gasteiger partial charge in [-0.1, -0.05) is 53.2 Å². The van der Waals surface area contributed by atoms with Crippen molar-refractivity contribution in [1.29, 1.82) is 0 Å². The van der Waals surface area contributed by atoms with Crippen LogP contribution in [0.4, 0.5) is 0 Å². The van der Waals surface area contributed by atoms with Gasteiger partial charge in [-0.2, -0.15) is 0 Å². The predicted molar refractivity (Wildman–Crippen MR) is 129 cm³/mol. The summed E-state index contributed by atoms with van der Waals surface area (Å²) in [5.74, 6) is 4.89. The number of fused-ring (bicyclic) bond motifs is 5. The van der Waals surface area contributed by atoms with Crippen LogP contribution in [0, 0.1) is 52.3 Å². The number of aliphatic hydroxyl groups is 1. The van der Waals surface area contributed by atoms with Gasteiger partial charge in [0.2, 0.25) is 0 Å². The van der Waals surface area contributed by atoms with E-state index in [-0.39, 0.29) is 12.0 Å². The van der Waals surface area contributed by atoms with Gasteiger partial charge >= 0.3 is 0 Å². The third kappa shape index (κ3) is 3.87. The molecule has 0 aliphatic heterocycles. The Labute approximate surface area is 191 Å². The lowest BCUT2D eigenvalue weighted by Crippen LogP contribution is -2.50. The number of ketones is 1. The molecule has 0 saturated heterocycles. The maximum atomic E-state index is 13.1. The van der Waals surface area contributed by atoms with Crippen LogP contribution in [0.1, 0.15) is 106 Å². The summed E-state index contributed by atoms with van der Waals surface area (Å²) in [4.78, 5) is 13.1. The number of allylic oxidation sites excluding steroid dienone is 1. The van der Waals surface area contributed by atoms with E-state index in [0.717, 1.165) is 43.4 Å². The third-order valence-corrected chi connectivity index (χ3v) is 11.0. The van der Waals surface area contributed by atoms with Gasteiger partial charge in [-0.25, -0.2) is 0 Å². The summed E-state index contributed by atoms with van der Waals surface area (Å²) in [6.07, 6.45) is 13.9. The molecular formula is C29H48O2. The van der Waals surface area contributed by atoms with Gasteiger partial charge in [0, 0.05) is 12.3 Å². The van der Waals surface area contributed by atoms with Crippen molar-refractivity contribution in [2.45, 2.75) is 112 Å². The average molecular weight is 429 g/mol. The lowest BCUT2D eigenvalue weighted by molar-refractivity contribution is -0.126. The highest BCUT2D eigenvalue weighted by Gasteiger charge is 2.59. The second-order valence-corrected chi connectivity index (χ2v) is 12.8. The minimum atomic E-state index is -0.114. The quantitative estimate of drug-likeness (QED) is 0.454. The number of rotatable bonds is 6. The second kappa shape index (κ2) is 8.62. The second-order valence-electron chi connectivity index (χ2n) is 12.8. The Hall–Kier alpha value is -0.630. The number of aliphatic hydroxyl groups excluding tert-OH is 1. The maximum absolute atomic E-state index is 13.1. The van der Waals surface area contributed by atoms with Crippen molar-refractivity contribution in [3.05, 3.63) is 11.6 Å². The first-order valence-corrected chi connectivity index (χ1v) is 13.5. The molecule has 0 radical (unpaired) electrons. The minimum Gasteiger partial charge on any atom is -0.393 e. The highest BCUT2D eigenvalue weighted by molar-refractivity contribution is 5.81. The first-order chi connectivity index (χ1) is 14.6. The molecular weight excluding hydrogens is 380 g/mol. The van der Waals surface area contributed by atoms with Crippen LogP contribution < -0.4 is 0 Å². The van der Waals surface area contributed by atoms with Crippen molar-refractivity contribution in [2.24, 2.45) is 52.3 Å². The number of Topliss-reactive ketones (excluding diaryl/α,β-unsaturated/α-hetero) is 1. The van der Waals surface area contributed by atoms with Gasteiger partial charge in [0.15, 0.2) is 0 Å². The van der Waals surface area contributed by atoms with Crippen molar-refractivity contribution in [3.8, 4) is 0 Å². The summed E-state index contributed by atoms with van der Waals surface area (Å²) in [6, 6.07) is 0. The zero-order valence-electron chi connectivity index (χ0n) is 21.1. The van der Waals surface area contributed by atoms with E-state index in [1.165, 1.54) is 38.5 Å². The lowest BCUT2D eigenvalue weighted by atomic mass is 9.47. The Morgan fingerprint density at radius 3 is 2.52 bits per heavy atom. The molecule has 0 heterocycles. The smallest absolute Gasteiger partial charge is 0.136 e. The van der Waals surface area contributed by atoms with Crippen molar-refractivity contribution in [1.82, 2.24) is 0 Å². The van der Waals surface area contributed by atoms with Crippen LogP contribution in [0.3, 0.4) is 0 Å². The Morgan fingerprint density at radius 2 is 1.84 bits per heavy atom. The van der Waals surface area contributed by atoms with Gasteiger partial charge < -0.3 is 5.11 Å². The van der Waals surface area contributed by atoms with Crippen molar-refractivity contribution in [2.75, 3.05) is 0 Å². The summed E-state index contributed by atoms with van der Waals surface area (Å²) in [5.41, 5.74) is 2.31. The molecule has 2 heteroatoms. The highest BCUT2D eigenvalue weighted by Crippen LogP contribution is 2.67.